The van der Waals surface area contributed by atoms with Crippen molar-refractivity contribution in [2.24, 2.45) is 5.73 Å². The van der Waals surface area contributed by atoms with Crippen molar-refractivity contribution in [3.63, 3.8) is 0 Å². The van der Waals surface area contributed by atoms with E-state index in [2.05, 4.69) is 16.0 Å². The van der Waals surface area contributed by atoms with Crippen molar-refractivity contribution in [1.29, 1.82) is 0 Å². The molecule has 0 aliphatic heterocycles. The van der Waals surface area contributed by atoms with Crippen LogP contribution < -0.4 is 21.7 Å². The Morgan fingerprint density at radius 3 is 2.38 bits per heavy atom. The van der Waals surface area contributed by atoms with Crippen molar-refractivity contribution in [2.75, 3.05) is 25.0 Å². The maximum absolute atomic E-state index is 12.0. The Bertz CT molecular complexity index is 552. The fourth-order valence-electron chi connectivity index (χ4n) is 1.98. The first-order valence-corrected chi connectivity index (χ1v) is 7.72. The first-order chi connectivity index (χ1) is 11.1. The maximum atomic E-state index is 12.0. The number of para-hydroxylation sites is 1. The highest BCUT2D eigenvalue weighted by atomic mass is 35.5. The molecule has 7 nitrogen and oxygen atoms in total. The van der Waals surface area contributed by atoms with E-state index >= 15 is 0 Å². The van der Waals surface area contributed by atoms with Crippen molar-refractivity contribution in [3.8, 4) is 0 Å². The number of rotatable bonds is 9. The van der Waals surface area contributed by atoms with Crippen molar-refractivity contribution < 1.29 is 14.4 Å². The zero-order valence-electron chi connectivity index (χ0n) is 13.8. The Labute approximate surface area is 148 Å². The van der Waals surface area contributed by atoms with E-state index in [0.717, 1.165) is 0 Å². The summed E-state index contributed by atoms with van der Waals surface area (Å²) in [6, 6.07) is 6.77. The lowest BCUT2D eigenvalue weighted by atomic mass is 10.1. The molecule has 0 atom stereocenters. The molecule has 1 rings (SSSR count). The van der Waals surface area contributed by atoms with Crippen LogP contribution >= 0.6 is 12.4 Å². The summed E-state index contributed by atoms with van der Waals surface area (Å²) in [6.07, 6.45) is 0.981. The summed E-state index contributed by atoms with van der Waals surface area (Å²) in [7, 11) is 0. The number of nitrogens with two attached hydrogens (primary N) is 1. The topological polar surface area (TPSA) is 113 Å². The highest BCUT2D eigenvalue weighted by Crippen LogP contribution is 2.15. The van der Waals surface area contributed by atoms with Crippen LogP contribution in [0, 0.1) is 0 Å². The lowest BCUT2D eigenvalue weighted by Gasteiger charge is -2.11. The summed E-state index contributed by atoms with van der Waals surface area (Å²) < 4.78 is 0. The predicted octanol–water partition coefficient (Wildman–Crippen LogP) is 1.04. The van der Waals surface area contributed by atoms with Gasteiger partial charge in [-0.25, -0.2) is 0 Å². The molecule has 0 heterocycles. The second-order valence-electron chi connectivity index (χ2n) is 4.95. The van der Waals surface area contributed by atoms with Crippen LogP contribution in [0.2, 0.25) is 0 Å². The highest BCUT2D eigenvalue weighted by Gasteiger charge is 2.12. The van der Waals surface area contributed by atoms with Crippen LogP contribution in [0.1, 0.15) is 36.5 Å². The van der Waals surface area contributed by atoms with Crippen LogP contribution in [0.3, 0.4) is 0 Å². The standard InChI is InChI=1S/C16H24N4O3.ClH/c1-2-18-14(21)8-5-9-15(22)20-13-7-4-3-6-12(13)16(23)19-11-10-17;/h3-4,6-7H,2,5,8-11,17H2,1H3,(H,18,21)(H,19,23)(H,20,22);1H. The van der Waals surface area contributed by atoms with Gasteiger partial charge in [-0.3, -0.25) is 14.4 Å². The SMILES string of the molecule is CCNC(=O)CCCC(=O)Nc1ccccc1C(=O)NCCN.Cl. The molecule has 0 bridgehead atoms. The minimum absolute atomic E-state index is 0. The number of hydrogen-bond donors (Lipinski definition) is 4. The summed E-state index contributed by atoms with van der Waals surface area (Å²) >= 11 is 0. The molecule has 0 saturated heterocycles. The van der Waals surface area contributed by atoms with E-state index in [-0.39, 0.29) is 36.5 Å². The van der Waals surface area contributed by atoms with Crippen LogP contribution in [0.4, 0.5) is 5.69 Å². The molecule has 0 fully saturated rings. The Morgan fingerprint density at radius 1 is 1.04 bits per heavy atom. The van der Waals surface area contributed by atoms with Crippen molar-refractivity contribution in [2.45, 2.75) is 26.2 Å². The Hall–Kier alpha value is -2.12. The molecule has 24 heavy (non-hydrogen) atoms. The van der Waals surface area contributed by atoms with E-state index in [1.54, 1.807) is 24.3 Å². The number of benzene rings is 1. The van der Waals surface area contributed by atoms with Crippen molar-refractivity contribution in [3.05, 3.63) is 29.8 Å². The second kappa shape index (κ2) is 12.3. The average molecular weight is 357 g/mol. The number of amides is 3. The van der Waals surface area contributed by atoms with Gasteiger partial charge in [-0.2, -0.15) is 0 Å². The van der Waals surface area contributed by atoms with Gasteiger partial charge in [-0.15, -0.1) is 12.4 Å². The summed E-state index contributed by atoms with van der Waals surface area (Å²) in [5, 5.41) is 8.06. The van der Waals surface area contributed by atoms with Gasteiger partial charge in [0.1, 0.15) is 0 Å². The van der Waals surface area contributed by atoms with Gasteiger partial charge < -0.3 is 21.7 Å². The van der Waals surface area contributed by atoms with E-state index < -0.39 is 0 Å². The Morgan fingerprint density at radius 2 is 1.71 bits per heavy atom. The molecule has 0 aromatic heterocycles. The minimum Gasteiger partial charge on any atom is -0.356 e. The van der Waals surface area contributed by atoms with E-state index in [4.69, 9.17) is 5.73 Å². The number of halogens is 1. The Balaban J connectivity index is 0.00000529. The number of carbonyl (C=O) groups excluding carboxylic acids is 3. The zero-order valence-corrected chi connectivity index (χ0v) is 14.6. The number of carbonyl (C=O) groups is 3. The minimum atomic E-state index is -0.284. The van der Waals surface area contributed by atoms with Gasteiger partial charge in [-0.1, -0.05) is 12.1 Å². The molecule has 0 radical (unpaired) electrons. The van der Waals surface area contributed by atoms with Crippen LogP contribution in [-0.2, 0) is 9.59 Å². The van der Waals surface area contributed by atoms with Gasteiger partial charge in [0.05, 0.1) is 11.3 Å². The van der Waals surface area contributed by atoms with Gasteiger partial charge >= 0.3 is 0 Å². The summed E-state index contributed by atoms with van der Waals surface area (Å²) in [5.74, 6) is -0.580. The zero-order chi connectivity index (χ0) is 17.1. The molecular formula is C16H25ClN4O3. The van der Waals surface area contributed by atoms with Crippen molar-refractivity contribution >= 4 is 35.8 Å². The molecule has 0 aliphatic rings. The number of anilines is 1. The lowest BCUT2D eigenvalue weighted by Crippen LogP contribution is -2.30. The quantitative estimate of drug-likeness (QED) is 0.529. The van der Waals surface area contributed by atoms with Crippen LogP contribution in [0.5, 0.6) is 0 Å². The fourth-order valence-corrected chi connectivity index (χ4v) is 1.98. The third kappa shape index (κ3) is 7.94. The van der Waals surface area contributed by atoms with E-state index in [1.165, 1.54) is 0 Å². The normalized spacial score (nSPS) is 9.58. The number of hydrogen-bond acceptors (Lipinski definition) is 4. The summed E-state index contributed by atoms with van der Waals surface area (Å²) in [4.78, 5) is 35.3. The van der Waals surface area contributed by atoms with Gasteiger partial charge in [0.15, 0.2) is 0 Å². The monoisotopic (exact) mass is 356 g/mol. The van der Waals surface area contributed by atoms with E-state index in [0.29, 0.717) is 43.7 Å². The predicted molar refractivity (Wildman–Crippen MR) is 96.2 cm³/mol. The van der Waals surface area contributed by atoms with Gasteiger partial charge in [0, 0.05) is 32.5 Å². The number of nitrogens with one attached hydrogen (secondary N) is 3. The third-order valence-electron chi connectivity index (χ3n) is 3.06. The molecule has 8 heteroatoms. The smallest absolute Gasteiger partial charge is 0.253 e. The van der Waals surface area contributed by atoms with E-state index in [1.807, 2.05) is 6.92 Å². The molecule has 0 spiro atoms. The maximum Gasteiger partial charge on any atom is 0.253 e. The molecule has 5 N–H and O–H groups in total. The van der Waals surface area contributed by atoms with Crippen LogP contribution in [0.25, 0.3) is 0 Å². The first kappa shape index (κ1) is 21.9. The highest BCUT2D eigenvalue weighted by molar-refractivity contribution is 6.03. The third-order valence-corrected chi connectivity index (χ3v) is 3.06. The molecule has 0 unspecified atom stereocenters. The largest absolute Gasteiger partial charge is 0.356 e. The first-order valence-electron chi connectivity index (χ1n) is 7.72. The molecule has 0 saturated carbocycles. The average Bonchev–Trinajstić information content (AvgIpc) is 2.53. The Kier molecular flexibility index (Phi) is 11.2. The fraction of sp³-hybridized carbons (Fsp3) is 0.438. The molecule has 3 amide bonds. The van der Waals surface area contributed by atoms with Crippen molar-refractivity contribution in [1.82, 2.24) is 10.6 Å². The molecular weight excluding hydrogens is 332 g/mol. The van der Waals surface area contributed by atoms with Gasteiger partial charge in [0.25, 0.3) is 5.91 Å². The summed E-state index contributed by atoms with van der Waals surface area (Å²) in [6.45, 7) is 3.14. The molecule has 1 aromatic carbocycles. The van der Waals surface area contributed by atoms with Gasteiger partial charge in [0.2, 0.25) is 11.8 Å². The van der Waals surface area contributed by atoms with E-state index in [9.17, 15) is 14.4 Å². The summed E-state index contributed by atoms with van der Waals surface area (Å²) in [5.41, 5.74) is 6.19. The molecule has 1 aromatic rings. The molecule has 0 aliphatic carbocycles. The van der Waals surface area contributed by atoms with Crippen LogP contribution in [-0.4, -0.2) is 37.4 Å². The second-order valence-corrected chi connectivity index (χ2v) is 4.95. The lowest BCUT2D eigenvalue weighted by molar-refractivity contribution is -0.121. The van der Waals surface area contributed by atoms with Crippen LogP contribution in [0.15, 0.2) is 24.3 Å². The van der Waals surface area contributed by atoms with Gasteiger partial charge in [-0.05, 0) is 25.5 Å². The molecule has 134 valence electrons.